The summed E-state index contributed by atoms with van der Waals surface area (Å²) < 4.78 is 28.2. The van der Waals surface area contributed by atoms with Crippen LogP contribution in [0, 0.1) is 0 Å². The number of aromatic nitrogens is 2. The molecule has 8 nitrogen and oxygen atoms in total. The largest absolute Gasteiger partial charge is 0.348 e. The summed E-state index contributed by atoms with van der Waals surface area (Å²) in [5, 5.41) is 3.27. The van der Waals surface area contributed by atoms with Gasteiger partial charge in [0.1, 0.15) is 0 Å². The summed E-state index contributed by atoms with van der Waals surface area (Å²) in [7, 11) is -4.01. The molecule has 4 aromatic rings. The van der Waals surface area contributed by atoms with Crippen molar-refractivity contribution < 1.29 is 13.2 Å². The lowest BCUT2D eigenvalue weighted by Gasteiger charge is -2.13. The van der Waals surface area contributed by atoms with Crippen LogP contribution in [0.25, 0.3) is 11.0 Å². The summed E-state index contributed by atoms with van der Waals surface area (Å²) >= 11 is 6.12. The van der Waals surface area contributed by atoms with Crippen LogP contribution in [0.3, 0.4) is 0 Å². The van der Waals surface area contributed by atoms with Crippen molar-refractivity contribution in [3.8, 4) is 0 Å². The van der Waals surface area contributed by atoms with Crippen molar-refractivity contribution in [3.63, 3.8) is 0 Å². The fourth-order valence-corrected chi connectivity index (χ4v) is 4.37. The Kier molecular flexibility index (Phi) is 5.53. The number of rotatable bonds is 6. The van der Waals surface area contributed by atoms with Gasteiger partial charge in [-0.2, -0.15) is 0 Å². The number of amides is 1. The monoisotopic (exact) mass is 456 g/mol. The Morgan fingerprint density at radius 2 is 1.65 bits per heavy atom. The molecule has 0 aliphatic heterocycles. The van der Waals surface area contributed by atoms with E-state index in [0.717, 1.165) is 5.56 Å². The van der Waals surface area contributed by atoms with Crippen molar-refractivity contribution in [1.29, 1.82) is 0 Å². The summed E-state index contributed by atoms with van der Waals surface area (Å²) in [6.07, 6.45) is 0. The Bertz CT molecular complexity index is 1440. The highest BCUT2D eigenvalue weighted by Crippen LogP contribution is 2.22. The van der Waals surface area contributed by atoms with E-state index >= 15 is 0 Å². The SMILES string of the molecule is O=C(NCc1ccccc1Cl)c1ccccc1NS(=O)(=O)c1ccc2[nH]c(=O)[nH]c2c1. The van der Waals surface area contributed by atoms with Gasteiger partial charge in [0.05, 0.1) is 27.2 Å². The second-order valence-corrected chi connectivity index (χ2v) is 8.80. The number of H-pyrrole nitrogens is 2. The van der Waals surface area contributed by atoms with Gasteiger partial charge in [-0.05, 0) is 42.0 Å². The number of carbonyl (C=O) groups excluding carboxylic acids is 1. The number of fused-ring (bicyclic) bond motifs is 1. The maximum atomic E-state index is 12.9. The molecule has 10 heteroatoms. The first-order chi connectivity index (χ1) is 14.8. The van der Waals surface area contributed by atoms with Crippen molar-refractivity contribution in [1.82, 2.24) is 15.3 Å². The van der Waals surface area contributed by atoms with E-state index in [4.69, 9.17) is 11.6 Å². The molecule has 0 saturated carbocycles. The zero-order chi connectivity index (χ0) is 22.0. The average molecular weight is 457 g/mol. The topological polar surface area (TPSA) is 124 Å². The second kappa shape index (κ2) is 8.29. The lowest BCUT2D eigenvalue weighted by Crippen LogP contribution is -2.25. The number of sulfonamides is 1. The predicted molar refractivity (Wildman–Crippen MR) is 119 cm³/mol. The van der Waals surface area contributed by atoms with Crippen LogP contribution in [0.5, 0.6) is 0 Å². The second-order valence-electron chi connectivity index (χ2n) is 6.71. The van der Waals surface area contributed by atoms with E-state index in [1.54, 1.807) is 30.3 Å². The van der Waals surface area contributed by atoms with Gasteiger partial charge >= 0.3 is 5.69 Å². The first-order valence-electron chi connectivity index (χ1n) is 9.19. The first kappa shape index (κ1) is 20.7. The number of halogens is 1. The molecule has 0 saturated heterocycles. The van der Waals surface area contributed by atoms with Crippen molar-refractivity contribution in [2.45, 2.75) is 11.4 Å². The number of benzene rings is 3. The van der Waals surface area contributed by atoms with E-state index in [2.05, 4.69) is 20.0 Å². The third-order valence-electron chi connectivity index (χ3n) is 4.61. The summed E-state index contributed by atoms with van der Waals surface area (Å²) in [5.41, 5.74) is 1.44. The molecule has 1 amide bonds. The van der Waals surface area contributed by atoms with Gasteiger partial charge in [0.15, 0.2) is 0 Å². The zero-order valence-corrected chi connectivity index (χ0v) is 17.5. The molecular formula is C21H17ClN4O4S. The van der Waals surface area contributed by atoms with E-state index in [-0.39, 0.29) is 22.7 Å². The molecule has 158 valence electrons. The van der Waals surface area contributed by atoms with Gasteiger partial charge in [0, 0.05) is 11.6 Å². The standard InChI is InChI=1S/C21H17ClN4O4S/c22-16-7-3-1-5-13(16)12-23-20(27)15-6-2-4-8-17(15)26-31(29,30)14-9-10-18-19(11-14)25-21(28)24-18/h1-11,26H,12H2,(H,23,27)(H2,24,25,28). The quantitative estimate of drug-likeness (QED) is 0.355. The van der Waals surface area contributed by atoms with Crippen molar-refractivity contribution in [3.05, 3.63) is 93.4 Å². The Morgan fingerprint density at radius 1 is 0.935 bits per heavy atom. The number of nitrogens with one attached hydrogen (secondary N) is 4. The summed E-state index contributed by atoms with van der Waals surface area (Å²) in [4.78, 5) is 29.2. The van der Waals surface area contributed by atoms with Gasteiger partial charge in [-0.1, -0.05) is 41.9 Å². The predicted octanol–water partition coefficient (Wildman–Crippen LogP) is 3.24. The molecular weight excluding hydrogens is 440 g/mol. The highest BCUT2D eigenvalue weighted by Gasteiger charge is 2.19. The van der Waals surface area contributed by atoms with Crippen LogP contribution in [-0.2, 0) is 16.6 Å². The van der Waals surface area contributed by atoms with Gasteiger partial charge in [-0.15, -0.1) is 0 Å². The molecule has 0 fully saturated rings. The lowest BCUT2D eigenvalue weighted by atomic mass is 10.1. The van der Waals surface area contributed by atoms with E-state index in [0.29, 0.717) is 16.1 Å². The maximum Gasteiger partial charge on any atom is 0.323 e. The molecule has 0 aliphatic carbocycles. The van der Waals surface area contributed by atoms with E-state index in [9.17, 15) is 18.0 Å². The third kappa shape index (κ3) is 4.47. The van der Waals surface area contributed by atoms with E-state index < -0.39 is 21.6 Å². The number of aromatic amines is 2. The Balaban J connectivity index is 1.57. The average Bonchev–Trinajstić information content (AvgIpc) is 3.12. The molecule has 4 N–H and O–H groups in total. The zero-order valence-electron chi connectivity index (χ0n) is 16.0. The highest BCUT2D eigenvalue weighted by atomic mass is 35.5. The Morgan fingerprint density at radius 3 is 2.45 bits per heavy atom. The fraction of sp³-hybridized carbons (Fsp3) is 0.0476. The Hall–Kier alpha value is -3.56. The molecule has 0 radical (unpaired) electrons. The molecule has 4 rings (SSSR count). The number of hydrogen-bond acceptors (Lipinski definition) is 4. The van der Waals surface area contributed by atoms with Crippen LogP contribution in [0.15, 0.2) is 76.4 Å². The van der Waals surface area contributed by atoms with Gasteiger partial charge in [-0.25, -0.2) is 13.2 Å². The fourth-order valence-electron chi connectivity index (χ4n) is 3.07. The molecule has 0 atom stereocenters. The van der Waals surface area contributed by atoms with Crippen molar-refractivity contribution in [2.24, 2.45) is 0 Å². The van der Waals surface area contributed by atoms with Crippen molar-refractivity contribution in [2.75, 3.05) is 4.72 Å². The number of para-hydroxylation sites is 1. The third-order valence-corrected chi connectivity index (χ3v) is 6.34. The first-order valence-corrected chi connectivity index (χ1v) is 11.0. The van der Waals surface area contributed by atoms with Gasteiger partial charge in [-0.3, -0.25) is 9.52 Å². The molecule has 1 heterocycles. The van der Waals surface area contributed by atoms with Crippen LogP contribution in [0.1, 0.15) is 15.9 Å². The van der Waals surface area contributed by atoms with Crippen LogP contribution in [-0.4, -0.2) is 24.3 Å². The summed E-state index contributed by atoms with van der Waals surface area (Å²) in [6.45, 7) is 0.192. The molecule has 1 aromatic heterocycles. The molecule has 31 heavy (non-hydrogen) atoms. The van der Waals surface area contributed by atoms with Crippen molar-refractivity contribution >= 4 is 44.3 Å². The minimum absolute atomic E-state index is 0.0541. The number of anilines is 1. The number of imidazole rings is 1. The van der Waals surface area contributed by atoms with Crippen LogP contribution < -0.4 is 15.7 Å². The lowest BCUT2D eigenvalue weighted by molar-refractivity contribution is 0.0952. The number of hydrogen-bond donors (Lipinski definition) is 4. The van der Waals surface area contributed by atoms with E-state index in [1.165, 1.54) is 30.3 Å². The van der Waals surface area contributed by atoms with E-state index in [1.807, 2.05) is 6.07 Å². The summed E-state index contributed by atoms with van der Waals surface area (Å²) in [5.74, 6) is -0.455. The maximum absolute atomic E-state index is 12.9. The van der Waals surface area contributed by atoms with Crippen LogP contribution in [0.4, 0.5) is 5.69 Å². The normalized spacial score (nSPS) is 11.4. The van der Waals surface area contributed by atoms with Gasteiger partial charge in [0.25, 0.3) is 15.9 Å². The molecule has 0 spiro atoms. The minimum atomic E-state index is -4.01. The molecule has 3 aromatic carbocycles. The Labute approximate surface area is 182 Å². The minimum Gasteiger partial charge on any atom is -0.348 e. The summed E-state index contributed by atoms with van der Waals surface area (Å²) in [6, 6.07) is 17.6. The van der Waals surface area contributed by atoms with Crippen LogP contribution >= 0.6 is 11.6 Å². The number of carbonyl (C=O) groups is 1. The molecule has 0 aliphatic rings. The molecule has 0 unspecified atom stereocenters. The van der Waals surface area contributed by atoms with Crippen LogP contribution in [0.2, 0.25) is 5.02 Å². The van der Waals surface area contributed by atoms with Gasteiger partial charge in [0.2, 0.25) is 0 Å². The molecule has 0 bridgehead atoms. The smallest absolute Gasteiger partial charge is 0.323 e. The van der Waals surface area contributed by atoms with Gasteiger partial charge < -0.3 is 15.3 Å². The highest BCUT2D eigenvalue weighted by molar-refractivity contribution is 7.92.